The molecule has 0 unspecified atom stereocenters. The number of aromatic nitrogens is 2. The van der Waals surface area contributed by atoms with Gasteiger partial charge in [0.05, 0.1) is 37.2 Å². The Morgan fingerprint density at radius 3 is 2.79 bits per heavy atom. The van der Waals surface area contributed by atoms with Crippen LogP contribution in [0.5, 0.6) is 0 Å². The summed E-state index contributed by atoms with van der Waals surface area (Å²) in [7, 11) is 1.63. The van der Waals surface area contributed by atoms with Gasteiger partial charge < -0.3 is 14.6 Å². The fourth-order valence-electron chi connectivity index (χ4n) is 5.16. The molecule has 4 atom stereocenters. The van der Waals surface area contributed by atoms with E-state index >= 15 is 0 Å². The first kappa shape index (κ1) is 23.6. The lowest BCUT2D eigenvalue weighted by molar-refractivity contribution is -0.110. The minimum atomic E-state index is -1.14. The van der Waals surface area contributed by atoms with Gasteiger partial charge in [-0.1, -0.05) is 0 Å². The lowest BCUT2D eigenvalue weighted by Crippen LogP contribution is -2.58. The number of aromatic amines is 1. The van der Waals surface area contributed by atoms with Crippen molar-refractivity contribution < 1.29 is 28.2 Å². The summed E-state index contributed by atoms with van der Waals surface area (Å²) < 4.78 is 40.3. The molecule has 3 heterocycles. The zero-order valence-corrected chi connectivity index (χ0v) is 19.2. The van der Waals surface area contributed by atoms with E-state index in [2.05, 4.69) is 15.1 Å². The van der Waals surface area contributed by atoms with Crippen LogP contribution in [0.25, 0.3) is 0 Å². The molecule has 0 spiro atoms. The van der Waals surface area contributed by atoms with E-state index in [0.717, 1.165) is 29.5 Å². The van der Waals surface area contributed by atoms with Gasteiger partial charge in [0.1, 0.15) is 17.7 Å². The summed E-state index contributed by atoms with van der Waals surface area (Å²) in [6, 6.07) is 2.24. The molecule has 1 saturated heterocycles. The Bertz CT molecular complexity index is 1010. The smallest absolute Gasteiger partial charge is 0.408 e. The van der Waals surface area contributed by atoms with Crippen molar-refractivity contribution in [3.63, 3.8) is 0 Å². The van der Waals surface area contributed by atoms with Crippen LogP contribution in [0.4, 0.5) is 13.6 Å². The molecule has 33 heavy (non-hydrogen) atoms. The lowest BCUT2D eigenvalue weighted by Gasteiger charge is -2.48. The van der Waals surface area contributed by atoms with E-state index in [1.54, 1.807) is 34.1 Å². The number of ether oxygens (including phenoxy) is 2. The number of rotatable bonds is 5. The molecular formula is C23H30F2N4O4. The third-order valence-electron chi connectivity index (χ3n) is 6.50. The van der Waals surface area contributed by atoms with Gasteiger partial charge >= 0.3 is 6.09 Å². The van der Waals surface area contributed by atoms with Gasteiger partial charge in [-0.25, -0.2) is 13.6 Å². The maximum atomic E-state index is 14.7. The van der Waals surface area contributed by atoms with Crippen LogP contribution in [0.1, 0.15) is 56.2 Å². The van der Waals surface area contributed by atoms with Crippen LogP contribution < -0.4 is 0 Å². The number of carbonyl (C=O) groups is 1. The summed E-state index contributed by atoms with van der Waals surface area (Å²) in [5, 5.41) is 17.2. The number of H-pyrrole nitrogens is 1. The molecule has 2 N–H and O–H groups in total. The highest BCUT2D eigenvalue weighted by Crippen LogP contribution is 2.42. The zero-order valence-electron chi connectivity index (χ0n) is 19.2. The summed E-state index contributed by atoms with van der Waals surface area (Å²) in [6.45, 7) is 6.62. The number of benzene rings is 1. The Labute approximate surface area is 191 Å². The molecule has 0 bridgehead atoms. The van der Waals surface area contributed by atoms with Crippen LogP contribution in [0, 0.1) is 11.6 Å². The Hall–Kier alpha value is -2.56. The SMILES string of the molecule is COC[C@@H]1c2cn[nH]c2CN1[C@H]1CO[C@H](c2cc(F)ccc2F)[C@@H](N(C(=O)O)C(C)(C)C)C1. The topological polar surface area (TPSA) is 90.9 Å². The molecular weight excluding hydrogens is 434 g/mol. The molecule has 2 aliphatic rings. The van der Waals surface area contributed by atoms with Crippen molar-refractivity contribution in [2.45, 2.75) is 63.5 Å². The van der Waals surface area contributed by atoms with Gasteiger partial charge in [-0.2, -0.15) is 5.10 Å². The maximum Gasteiger partial charge on any atom is 0.408 e. The van der Waals surface area contributed by atoms with Crippen molar-refractivity contribution >= 4 is 6.09 Å². The monoisotopic (exact) mass is 464 g/mol. The Balaban J connectivity index is 1.69. The van der Waals surface area contributed by atoms with Crippen LogP contribution in [0.2, 0.25) is 0 Å². The number of fused-ring (bicyclic) bond motifs is 1. The van der Waals surface area contributed by atoms with E-state index in [4.69, 9.17) is 9.47 Å². The number of carboxylic acid groups (broad SMARTS) is 1. The highest BCUT2D eigenvalue weighted by Gasteiger charge is 2.47. The van der Waals surface area contributed by atoms with E-state index in [1.807, 2.05) is 0 Å². The number of halogens is 2. The molecule has 0 saturated carbocycles. The second kappa shape index (κ2) is 9.00. The van der Waals surface area contributed by atoms with E-state index in [1.165, 1.54) is 4.90 Å². The number of hydrogen-bond acceptors (Lipinski definition) is 5. The zero-order chi connectivity index (χ0) is 23.9. The summed E-state index contributed by atoms with van der Waals surface area (Å²) in [5.74, 6) is -1.22. The van der Waals surface area contributed by atoms with Gasteiger partial charge in [0.2, 0.25) is 0 Å². The average Bonchev–Trinajstić information content (AvgIpc) is 3.31. The molecule has 1 fully saturated rings. The second-order valence-electron chi connectivity index (χ2n) is 9.65. The van der Waals surface area contributed by atoms with E-state index < -0.39 is 35.4 Å². The van der Waals surface area contributed by atoms with Gasteiger partial charge in [0, 0.05) is 36.4 Å². The maximum absolute atomic E-state index is 14.7. The molecule has 2 aromatic rings. The standard InChI is InChI=1S/C23H30F2N4O4/c1-23(2,3)29(22(30)31)19-8-14(11-33-21(19)15-7-13(24)5-6-17(15)25)28-10-18-16(9-26-27-18)20(28)12-32-4/h5-7,9,14,19-21H,8,10-12H2,1-4H3,(H,26,27)(H,30,31)/t14-,19+,20-,21-/m1/s1. The fourth-order valence-corrected chi connectivity index (χ4v) is 5.16. The Morgan fingerprint density at radius 2 is 2.12 bits per heavy atom. The van der Waals surface area contributed by atoms with Crippen molar-refractivity contribution in [1.82, 2.24) is 20.0 Å². The molecule has 0 aliphatic carbocycles. The Kier molecular flexibility index (Phi) is 6.43. The lowest BCUT2D eigenvalue weighted by atomic mass is 9.88. The predicted octanol–water partition coefficient (Wildman–Crippen LogP) is 3.87. The third kappa shape index (κ3) is 4.47. The van der Waals surface area contributed by atoms with Crippen LogP contribution in [-0.2, 0) is 16.0 Å². The first-order chi connectivity index (χ1) is 15.6. The van der Waals surface area contributed by atoms with Gasteiger partial charge in [-0.15, -0.1) is 0 Å². The van der Waals surface area contributed by atoms with Crippen LogP contribution in [-0.4, -0.2) is 69.1 Å². The van der Waals surface area contributed by atoms with E-state index in [9.17, 15) is 18.7 Å². The molecule has 4 rings (SSSR count). The molecule has 180 valence electrons. The second-order valence-corrected chi connectivity index (χ2v) is 9.65. The minimum absolute atomic E-state index is 0.0261. The fraction of sp³-hybridized carbons (Fsp3) is 0.565. The first-order valence-corrected chi connectivity index (χ1v) is 11.0. The highest BCUT2D eigenvalue weighted by molar-refractivity contribution is 5.66. The van der Waals surface area contributed by atoms with Crippen LogP contribution >= 0.6 is 0 Å². The van der Waals surface area contributed by atoms with Crippen LogP contribution in [0.15, 0.2) is 24.4 Å². The van der Waals surface area contributed by atoms with E-state index in [0.29, 0.717) is 19.6 Å². The summed E-state index contributed by atoms with van der Waals surface area (Å²) in [5.41, 5.74) is 1.27. The molecule has 8 nitrogen and oxygen atoms in total. The number of nitrogens with zero attached hydrogens (tertiary/aromatic N) is 3. The van der Waals surface area contributed by atoms with Gasteiger partial charge in [0.25, 0.3) is 0 Å². The summed E-state index contributed by atoms with van der Waals surface area (Å²) >= 11 is 0. The van der Waals surface area contributed by atoms with Gasteiger partial charge in [-0.3, -0.25) is 14.9 Å². The highest BCUT2D eigenvalue weighted by atomic mass is 19.1. The summed E-state index contributed by atoms with van der Waals surface area (Å²) in [4.78, 5) is 15.9. The quantitative estimate of drug-likeness (QED) is 0.698. The van der Waals surface area contributed by atoms with Crippen molar-refractivity contribution in [2.24, 2.45) is 0 Å². The van der Waals surface area contributed by atoms with Gasteiger partial charge in [0.15, 0.2) is 0 Å². The number of nitrogens with one attached hydrogen (secondary N) is 1. The average molecular weight is 465 g/mol. The number of hydrogen-bond donors (Lipinski definition) is 2. The molecule has 2 aliphatic heterocycles. The number of methoxy groups -OCH3 is 1. The van der Waals surface area contributed by atoms with Crippen molar-refractivity contribution in [1.29, 1.82) is 0 Å². The first-order valence-electron chi connectivity index (χ1n) is 11.0. The van der Waals surface area contributed by atoms with Crippen molar-refractivity contribution in [2.75, 3.05) is 20.3 Å². The number of amides is 1. The molecule has 10 heteroatoms. The normalized spacial score (nSPS) is 25.8. The van der Waals surface area contributed by atoms with Crippen molar-refractivity contribution in [3.05, 3.63) is 52.9 Å². The largest absolute Gasteiger partial charge is 0.465 e. The van der Waals surface area contributed by atoms with E-state index in [-0.39, 0.29) is 24.3 Å². The molecule has 1 amide bonds. The minimum Gasteiger partial charge on any atom is -0.465 e. The third-order valence-corrected chi connectivity index (χ3v) is 6.50. The van der Waals surface area contributed by atoms with Crippen LogP contribution in [0.3, 0.4) is 0 Å². The van der Waals surface area contributed by atoms with Crippen molar-refractivity contribution in [3.8, 4) is 0 Å². The molecule has 1 aromatic heterocycles. The summed E-state index contributed by atoms with van der Waals surface area (Å²) in [6.07, 6.45) is 0.101. The Morgan fingerprint density at radius 1 is 1.36 bits per heavy atom. The molecule has 1 aromatic carbocycles. The predicted molar refractivity (Wildman–Crippen MR) is 116 cm³/mol. The molecule has 0 radical (unpaired) electrons. The van der Waals surface area contributed by atoms with Gasteiger partial charge in [-0.05, 0) is 45.4 Å².